The number of nitrogens with two attached hydrogens (primary N) is 1. The number of carboxylic acid groups (broad SMARTS) is 2. The van der Waals surface area contributed by atoms with Crippen molar-refractivity contribution in [2.24, 2.45) is 5.73 Å². The Morgan fingerprint density at radius 2 is 1.45 bits per heavy atom. The van der Waals surface area contributed by atoms with Crippen LogP contribution in [0, 0.1) is 0 Å². The van der Waals surface area contributed by atoms with Crippen LogP contribution in [0.2, 0.25) is 0 Å². The third kappa shape index (κ3) is 9.22. The highest BCUT2D eigenvalue weighted by Crippen LogP contribution is 2.05. The maximum atomic E-state index is 12.7. The van der Waals surface area contributed by atoms with E-state index in [4.69, 9.17) is 10.8 Å². The van der Waals surface area contributed by atoms with Crippen molar-refractivity contribution in [3.05, 3.63) is 35.9 Å². The van der Waals surface area contributed by atoms with Gasteiger partial charge in [-0.05, 0) is 12.5 Å². The number of aliphatic carboxylic acids is 2. The van der Waals surface area contributed by atoms with Crippen molar-refractivity contribution in [2.45, 2.75) is 50.0 Å². The quantitative estimate of drug-likeness (QED) is 0.146. The van der Waals surface area contributed by atoms with Crippen LogP contribution in [0.4, 0.5) is 0 Å². The number of rotatable bonds is 13. The second-order valence-electron chi connectivity index (χ2n) is 7.26. The minimum Gasteiger partial charge on any atom is -0.481 e. The van der Waals surface area contributed by atoms with Gasteiger partial charge in [0.05, 0.1) is 25.2 Å². The fourth-order valence-electron chi connectivity index (χ4n) is 2.73. The summed E-state index contributed by atoms with van der Waals surface area (Å²) in [7, 11) is 0. The Morgan fingerprint density at radius 3 is 1.94 bits per heavy atom. The molecule has 0 saturated heterocycles. The smallest absolute Gasteiger partial charge is 0.328 e. The van der Waals surface area contributed by atoms with E-state index >= 15 is 0 Å². The van der Waals surface area contributed by atoms with Gasteiger partial charge in [0.15, 0.2) is 6.04 Å². The van der Waals surface area contributed by atoms with Crippen LogP contribution in [0.25, 0.3) is 0 Å². The van der Waals surface area contributed by atoms with Crippen molar-refractivity contribution < 1.29 is 44.4 Å². The first-order chi connectivity index (χ1) is 15.5. The van der Waals surface area contributed by atoms with Crippen LogP contribution in [0.5, 0.6) is 0 Å². The van der Waals surface area contributed by atoms with Crippen molar-refractivity contribution in [1.82, 2.24) is 16.0 Å². The molecule has 1 rings (SSSR count). The molecule has 0 aromatic heterocycles. The Bertz CT molecular complexity index is 847. The molecule has 3 amide bonds. The third-order valence-corrected chi connectivity index (χ3v) is 4.51. The van der Waals surface area contributed by atoms with Crippen LogP contribution in [0.15, 0.2) is 30.3 Å². The van der Waals surface area contributed by atoms with Gasteiger partial charge in [0.2, 0.25) is 17.7 Å². The Hall–Kier alpha value is -3.55. The summed E-state index contributed by atoms with van der Waals surface area (Å²) in [5.74, 6) is -5.75. The maximum absolute atomic E-state index is 12.7. The van der Waals surface area contributed by atoms with Gasteiger partial charge in [-0.15, -0.1) is 0 Å². The van der Waals surface area contributed by atoms with E-state index in [-0.39, 0.29) is 6.42 Å². The Kier molecular flexibility index (Phi) is 10.9. The van der Waals surface area contributed by atoms with Crippen LogP contribution in [-0.2, 0) is 30.4 Å². The number of benzene rings is 1. The minimum absolute atomic E-state index is 0.0742. The highest BCUT2D eigenvalue weighted by Gasteiger charge is 2.32. The lowest BCUT2D eigenvalue weighted by atomic mass is 10.0. The third-order valence-electron chi connectivity index (χ3n) is 4.51. The number of amides is 3. The van der Waals surface area contributed by atoms with Crippen molar-refractivity contribution in [1.29, 1.82) is 0 Å². The number of aliphatic hydroxyl groups excluding tert-OH is 2. The molecular formula is C20H28N4O9. The number of hydrogen-bond donors (Lipinski definition) is 8. The number of carbonyl (C=O) groups is 5. The van der Waals surface area contributed by atoms with Crippen molar-refractivity contribution in [3.8, 4) is 0 Å². The molecule has 0 heterocycles. The molecule has 0 aliphatic heterocycles. The van der Waals surface area contributed by atoms with E-state index in [0.29, 0.717) is 5.56 Å². The fourth-order valence-corrected chi connectivity index (χ4v) is 2.73. The summed E-state index contributed by atoms with van der Waals surface area (Å²) in [6, 6.07) is 2.39. The zero-order chi connectivity index (χ0) is 25.1. The number of carbonyl (C=O) groups excluding carboxylic acids is 3. The molecule has 0 bridgehead atoms. The molecular weight excluding hydrogens is 440 g/mol. The summed E-state index contributed by atoms with van der Waals surface area (Å²) in [5.41, 5.74) is 6.04. The van der Waals surface area contributed by atoms with E-state index in [1.165, 1.54) is 6.92 Å². The molecule has 182 valence electrons. The van der Waals surface area contributed by atoms with Gasteiger partial charge >= 0.3 is 11.9 Å². The average Bonchev–Trinajstić information content (AvgIpc) is 2.74. The highest BCUT2D eigenvalue weighted by atomic mass is 16.4. The number of carboxylic acids is 2. The van der Waals surface area contributed by atoms with E-state index in [0.717, 1.165) is 0 Å². The van der Waals surface area contributed by atoms with Gasteiger partial charge in [0, 0.05) is 6.42 Å². The van der Waals surface area contributed by atoms with Crippen molar-refractivity contribution >= 4 is 29.7 Å². The van der Waals surface area contributed by atoms with Crippen LogP contribution >= 0.6 is 0 Å². The molecule has 0 fully saturated rings. The number of nitrogens with one attached hydrogen (secondary N) is 3. The van der Waals surface area contributed by atoms with Gasteiger partial charge < -0.3 is 42.1 Å². The Morgan fingerprint density at radius 1 is 0.909 bits per heavy atom. The minimum atomic E-state index is -1.64. The molecule has 0 spiro atoms. The first-order valence-corrected chi connectivity index (χ1v) is 9.90. The summed E-state index contributed by atoms with van der Waals surface area (Å²) in [4.78, 5) is 59.3. The summed E-state index contributed by atoms with van der Waals surface area (Å²) in [6.45, 7) is 0.282. The first-order valence-electron chi connectivity index (χ1n) is 9.90. The molecule has 0 aliphatic carbocycles. The van der Waals surface area contributed by atoms with E-state index in [9.17, 15) is 39.3 Å². The average molecular weight is 468 g/mol. The highest BCUT2D eigenvalue weighted by molar-refractivity contribution is 5.95. The van der Waals surface area contributed by atoms with E-state index < -0.39 is 73.0 Å². The lowest BCUT2D eigenvalue weighted by Crippen LogP contribution is -2.59. The molecule has 5 atom stereocenters. The Labute approximate surface area is 189 Å². The van der Waals surface area contributed by atoms with Crippen LogP contribution in [0.3, 0.4) is 0 Å². The molecule has 1 aromatic rings. The topological polar surface area (TPSA) is 228 Å². The van der Waals surface area contributed by atoms with E-state index in [1.807, 2.05) is 0 Å². The normalized spacial score (nSPS) is 15.3. The summed E-state index contributed by atoms with van der Waals surface area (Å²) in [5, 5.41) is 43.6. The van der Waals surface area contributed by atoms with Crippen LogP contribution in [-0.4, -0.2) is 87.0 Å². The zero-order valence-corrected chi connectivity index (χ0v) is 17.8. The van der Waals surface area contributed by atoms with Crippen molar-refractivity contribution in [3.63, 3.8) is 0 Å². The predicted molar refractivity (Wildman–Crippen MR) is 113 cm³/mol. The van der Waals surface area contributed by atoms with Gasteiger partial charge in [0.25, 0.3) is 0 Å². The van der Waals surface area contributed by atoms with E-state index in [1.54, 1.807) is 30.3 Å². The largest absolute Gasteiger partial charge is 0.481 e. The lowest BCUT2D eigenvalue weighted by molar-refractivity contribution is -0.145. The van der Waals surface area contributed by atoms with Gasteiger partial charge in [-0.25, -0.2) is 4.79 Å². The maximum Gasteiger partial charge on any atom is 0.328 e. The Balaban J connectivity index is 3.01. The lowest BCUT2D eigenvalue weighted by Gasteiger charge is -2.25. The molecule has 5 unspecified atom stereocenters. The number of hydrogen-bond acceptors (Lipinski definition) is 8. The molecule has 0 radical (unpaired) electrons. The summed E-state index contributed by atoms with van der Waals surface area (Å²) < 4.78 is 0. The van der Waals surface area contributed by atoms with Crippen molar-refractivity contribution in [2.75, 3.05) is 6.61 Å². The molecule has 1 aromatic carbocycles. The summed E-state index contributed by atoms with van der Waals surface area (Å²) >= 11 is 0. The van der Waals surface area contributed by atoms with Gasteiger partial charge in [0.1, 0.15) is 12.1 Å². The van der Waals surface area contributed by atoms with Gasteiger partial charge in [-0.2, -0.15) is 0 Å². The molecule has 33 heavy (non-hydrogen) atoms. The van der Waals surface area contributed by atoms with Crippen LogP contribution < -0.4 is 21.7 Å². The SMILES string of the molecule is CC(O)C(NC(=O)C(Cc1ccccc1)NC(=O)C(CO)NC(=O)C(N)CC(=O)O)C(=O)O. The standard InChI is InChI=1S/C20H28N4O9/c1-10(26)16(20(32)33)24-18(30)13(7-11-5-3-2-4-6-11)22-19(31)14(9-25)23-17(29)12(21)8-15(27)28/h2-6,10,12-14,16,25-26H,7-9,21H2,1H3,(H,22,31)(H,23,29)(H,24,30)(H,27,28)(H,32,33). The van der Waals surface area contributed by atoms with E-state index in [2.05, 4.69) is 16.0 Å². The predicted octanol–water partition coefficient (Wildman–Crippen LogP) is -3.06. The fraction of sp³-hybridized carbons (Fsp3) is 0.450. The summed E-state index contributed by atoms with van der Waals surface area (Å²) in [6.07, 6.45) is -2.21. The monoisotopic (exact) mass is 468 g/mol. The van der Waals surface area contributed by atoms with Crippen LogP contribution in [0.1, 0.15) is 18.9 Å². The second-order valence-corrected chi connectivity index (χ2v) is 7.26. The first kappa shape index (κ1) is 27.5. The molecule has 13 heteroatoms. The zero-order valence-electron chi connectivity index (χ0n) is 17.8. The molecule has 9 N–H and O–H groups in total. The molecule has 0 aliphatic rings. The molecule has 13 nitrogen and oxygen atoms in total. The van der Waals surface area contributed by atoms with Gasteiger partial charge in [-0.3, -0.25) is 19.2 Å². The van der Waals surface area contributed by atoms with Gasteiger partial charge in [-0.1, -0.05) is 30.3 Å². The number of aliphatic hydroxyl groups is 2. The molecule has 0 saturated carbocycles. The second kappa shape index (κ2) is 13.1.